The lowest BCUT2D eigenvalue weighted by Crippen LogP contribution is -2.36. The Morgan fingerprint density at radius 3 is 2.61 bits per heavy atom. The molecule has 1 heterocycles. The largest absolute Gasteiger partial charge is 0.481 e. The van der Waals surface area contributed by atoms with E-state index in [1.165, 1.54) is 6.92 Å². The second-order valence-corrected chi connectivity index (χ2v) is 6.15. The summed E-state index contributed by atoms with van der Waals surface area (Å²) in [4.78, 5) is 36.6. The molecule has 2 rings (SSSR count). The standard InChI is InChI=1S/C17H22N2O4/c1-11-3-5-13(6-4-11)9-19-10-14(7-15(19)20)16(21)18-8-12(2)17(22)23/h3-6,12,14H,7-10H2,1-2H3,(H,18,21)(H,22,23)/t12-,14-/m1/s1. The van der Waals surface area contributed by atoms with E-state index < -0.39 is 17.8 Å². The van der Waals surface area contributed by atoms with Gasteiger partial charge in [0.25, 0.3) is 0 Å². The summed E-state index contributed by atoms with van der Waals surface area (Å²) < 4.78 is 0. The first-order valence-corrected chi connectivity index (χ1v) is 7.70. The molecule has 1 aliphatic heterocycles. The van der Waals surface area contributed by atoms with Crippen LogP contribution < -0.4 is 5.32 Å². The summed E-state index contributed by atoms with van der Waals surface area (Å²) in [5.41, 5.74) is 2.19. The van der Waals surface area contributed by atoms with Gasteiger partial charge in [-0.1, -0.05) is 36.8 Å². The maximum absolute atomic E-state index is 12.1. The average molecular weight is 318 g/mol. The molecular weight excluding hydrogens is 296 g/mol. The van der Waals surface area contributed by atoms with Crippen molar-refractivity contribution in [3.8, 4) is 0 Å². The zero-order chi connectivity index (χ0) is 17.0. The van der Waals surface area contributed by atoms with E-state index in [-0.39, 0.29) is 24.8 Å². The quantitative estimate of drug-likeness (QED) is 0.824. The number of rotatable bonds is 6. The first-order valence-electron chi connectivity index (χ1n) is 7.70. The van der Waals surface area contributed by atoms with Gasteiger partial charge in [0.2, 0.25) is 11.8 Å². The molecule has 2 amide bonds. The number of hydrogen-bond acceptors (Lipinski definition) is 3. The number of benzene rings is 1. The van der Waals surface area contributed by atoms with Crippen molar-refractivity contribution in [1.82, 2.24) is 10.2 Å². The molecule has 0 saturated carbocycles. The van der Waals surface area contributed by atoms with Crippen LogP contribution in [0.15, 0.2) is 24.3 Å². The lowest BCUT2D eigenvalue weighted by molar-refractivity contribution is -0.141. The van der Waals surface area contributed by atoms with Crippen LogP contribution in [-0.2, 0) is 20.9 Å². The van der Waals surface area contributed by atoms with Gasteiger partial charge in [0, 0.05) is 26.1 Å². The fourth-order valence-electron chi connectivity index (χ4n) is 2.50. The Balaban J connectivity index is 1.87. The van der Waals surface area contributed by atoms with Gasteiger partial charge in [0.15, 0.2) is 0 Å². The van der Waals surface area contributed by atoms with E-state index in [9.17, 15) is 14.4 Å². The summed E-state index contributed by atoms with van der Waals surface area (Å²) in [5, 5.41) is 11.4. The van der Waals surface area contributed by atoms with Gasteiger partial charge in [-0.05, 0) is 12.5 Å². The van der Waals surface area contributed by atoms with Gasteiger partial charge >= 0.3 is 5.97 Å². The summed E-state index contributed by atoms with van der Waals surface area (Å²) in [6.07, 6.45) is 0.180. The number of carboxylic acids is 1. The van der Waals surface area contributed by atoms with Gasteiger partial charge in [0.1, 0.15) is 0 Å². The molecule has 1 aromatic rings. The Morgan fingerprint density at radius 2 is 2.00 bits per heavy atom. The summed E-state index contributed by atoms with van der Waals surface area (Å²) in [6.45, 7) is 4.49. The third-order valence-corrected chi connectivity index (χ3v) is 4.08. The van der Waals surface area contributed by atoms with E-state index in [1.54, 1.807) is 4.90 Å². The molecule has 1 saturated heterocycles. The zero-order valence-electron chi connectivity index (χ0n) is 13.4. The van der Waals surface area contributed by atoms with Crippen LogP contribution in [0.4, 0.5) is 0 Å². The molecule has 0 bridgehead atoms. The molecule has 2 atom stereocenters. The van der Waals surface area contributed by atoms with E-state index in [0.29, 0.717) is 13.1 Å². The average Bonchev–Trinajstić information content (AvgIpc) is 2.87. The first-order chi connectivity index (χ1) is 10.9. The Bertz CT molecular complexity index is 597. The number of aliphatic carboxylic acids is 1. The lowest BCUT2D eigenvalue weighted by atomic mass is 10.1. The van der Waals surface area contributed by atoms with E-state index in [1.807, 2.05) is 31.2 Å². The van der Waals surface area contributed by atoms with Crippen molar-refractivity contribution >= 4 is 17.8 Å². The molecule has 6 nitrogen and oxygen atoms in total. The fraction of sp³-hybridized carbons (Fsp3) is 0.471. The van der Waals surface area contributed by atoms with Gasteiger partial charge in [-0.25, -0.2) is 0 Å². The molecule has 0 aliphatic carbocycles. The van der Waals surface area contributed by atoms with Crippen molar-refractivity contribution in [3.05, 3.63) is 35.4 Å². The molecule has 1 fully saturated rings. The summed E-state index contributed by atoms with van der Waals surface area (Å²) in [6, 6.07) is 7.94. The van der Waals surface area contributed by atoms with Gasteiger partial charge < -0.3 is 15.3 Å². The van der Waals surface area contributed by atoms with Crippen LogP contribution in [0.1, 0.15) is 24.5 Å². The first kappa shape index (κ1) is 17.0. The van der Waals surface area contributed by atoms with Crippen LogP contribution in [0, 0.1) is 18.8 Å². The fourth-order valence-corrected chi connectivity index (χ4v) is 2.50. The predicted octanol–water partition coefficient (Wildman–Crippen LogP) is 1.18. The van der Waals surface area contributed by atoms with Crippen LogP contribution in [-0.4, -0.2) is 40.9 Å². The predicted molar refractivity (Wildman–Crippen MR) is 84.5 cm³/mol. The molecule has 124 valence electrons. The Morgan fingerprint density at radius 1 is 1.35 bits per heavy atom. The minimum absolute atomic E-state index is 0.0444. The molecule has 0 unspecified atom stereocenters. The second-order valence-electron chi connectivity index (χ2n) is 6.15. The van der Waals surface area contributed by atoms with Crippen molar-refractivity contribution < 1.29 is 19.5 Å². The molecule has 0 radical (unpaired) electrons. The van der Waals surface area contributed by atoms with Crippen molar-refractivity contribution in [2.24, 2.45) is 11.8 Å². The zero-order valence-corrected chi connectivity index (χ0v) is 13.4. The lowest BCUT2D eigenvalue weighted by Gasteiger charge is -2.17. The number of likely N-dealkylation sites (tertiary alicyclic amines) is 1. The van der Waals surface area contributed by atoms with E-state index in [4.69, 9.17) is 5.11 Å². The highest BCUT2D eigenvalue weighted by atomic mass is 16.4. The number of aryl methyl sites for hydroxylation is 1. The summed E-state index contributed by atoms with van der Waals surface area (Å²) in [7, 11) is 0. The van der Waals surface area contributed by atoms with Crippen LogP contribution in [0.5, 0.6) is 0 Å². The Kier molecular flexibility index (Phi) is 5.36. The monoisotopic (exact) mass is 318 g/mol. The van der Waals surface area contributed by atoms with Gasteiger partial charge in [-0.3, -0.25) is 14.4 Å². The maximum atomic E-state index is 12.1. The van der Waals surface area contributed by atoms with Crippen molar-refractivity contribution in [1.29, 1.82) is 0 Å². The molecular formula is C17H22N2O4. The molecule has 6 heteroatoms. The van der Waals surface area contributed by atoms with E-state index in [0.717, 1.165) is 11.1 Å². The molecule has 0 spiro atoms. The van der Waals surface area contributed by atoms with E-state index >= 15 is 0 Å². The van der Waals surface area contributed by atoms with Crippen molar-refractivity contribution in [2.75, 3.05) is 13.1 Å². The van der Waals surface area contributed by atoms with Gasteiger partial charge in [-0.2, -0.15) is 0 Å². The highest BCUT2D eigenvalue weighted by Gasteiger charge is 2.34. The minimum Gasteiger partial charge on any atom is -0.481 e. The Labute approximate surface area is 135 Å². The number of carboxylic acid groups (broad SMARTS) is 1. The minimum atomic E-state index is -0.950. The number of carbonyl (C=O) groups is 3. The van der Waals surface area contributed by atoms with Crippen LogP contribution in [0.3, 0.4) is 0 Å². The van der Waals surface area contributed by atoms with Crippen LogP contribution in [0.25, 0.3) is 0 Å². The normalized spacial score (nSPS) is 18.8. The number of amides is 2. The molecule has 1 aromatic carbocycles. The van der Waals surface area contributed by atoms with Crippen LogP contribution >= 0.6 is 0 Å². The summed E-state index contributed by atoms with van der Waals surface area (Å²) in [5.74, 6) is -2.29. The number of nitrogens with one attached hydrogen (secondary N) is 1. The highest BCUT2D eigenvalue weighted by Crippen LogP contribution is 2.20. The maximum Gasteiger partial charge on any atom is 0.308 e. The highest BCUT2D eigenvalue weighted by molar-refractivity contribution is 5.89. The molecule has 0 aromatic heterocycles. The molecule has 23 heavy (non-hydrogen) atoms. The van der Waals surface area contributed by atoms with Gasteiger partial charge in [-0.15, -0.1) is 0 Å². The number of nitrogens with zero attached hydrogens (tertiary/aromatic N) is 1. The summed E-state index contributed by atoms with van der Waals surface area (Å²) >= 11 is 0. The van der Waals surface area contributed by atoms with Crippen molar-refractivity contribution in [2.45, 2.75) is 26.8 Å². The number of carbonyl (C=O) groups excluding carboxylic acids is 2. The third kappa shape index (κ3) is 4.55. The van der Waals surface area contributed by atoms with E-state index in [2.05, 4.69) is 5.32 Å². The van der Waals surface area contributed by atoms with Crippen LogP contribution in [0.2, 0.25) is 0 Å². The number of hydrogen-bond donors (Lipinski definition) is 2. The Hall–Kier alpha value is -2.37. The second kappa shape index (κ2) is 7.26. The topological polar surface area (TPSA) is 86.7 Å². The smallest absolute Gasteiger partial charge is 0.308 e. The molecule has 1 aliphatic rings. The third-order valence-electron chi connectivity index (χ3n) is 4.08. The van der Waals surface area contributed by atoms with Crippen molar-refractivity contribution in [3.63, 3.8) is 0 Å². The SMILES string of the molecule is Cc1ccc(CN2C[C@H](C(=O)NC[C@@H](C)C(=O)O)CC2=O)cc1. The van der Waals surface area contributed by atoms with Gasteiger partial charge in [0.05, 0.1) is 11.8 Å². The molecule has 2 N–H and O–H groups in total.